The molecule has 2 aliphatic rings. The van der Waals surface area contributed by atoms with Crippen LogP contribution in [0.5, 0.6) is 0 Å². The predicted octanol–water partition coefficient (Wildman–Crippen LogP) is 25.0. The standard InChI is InChI=1S/C43H31NO.C22H17N.C21H15ClO/c1-43(2)38-25-24-36-35-14-8-9-15-40(35)45-42(36)41(38)37-23-22-34(27-39(37)43)44(32-12-4-3-5-13-32)33-20-18-29(19-21-33)31-17-16-28-10-6-7-11-30(28)26-31;1-2-8-21(9-3-1)23-22-14-12-18(13-15-22)20-11-10-17-6-4-5-7-19(17)16-20;1-21(2)16-10-9-14-13-5-3-4-6-18(13)23-20(14)19(16)15-8-7-12(22)11-17(15)21/h3-27H,1-2H3;1-16,23H;3-11H,1-2H3. The fraction of sp³-hybridized carbons (Fsp3) is 0.0698. The smallest absolute Gasteiger partial charge is 0.143 e. The molecule has 5 heteroatoms. The lowest BCUT2D eigenvalue weighted by atomic mass is 9.82. The van der Waals surface area contributed by atoms with Crippen molar-refractivity contribution in [2.45, 2.75) is 38.5 Å². The molecule has 0 fully saturated rings. The highest BCUT2D eigenvalue weighted by molar-refractivity contribution is 6.31. The van der Waals surface area contributed by atoms with E-state index in [0.717, 1.165) is 55.8 Å². The molecule has 0 unspecified atom stereocenters. The molecule has 14 aromatic carbocycles. The van der Waals surface area contributed by atoms with Crippen LogP contribution in [0, 0.1) is 0 Å². The van der Waals surface area contributed by atoms with Gasteiger partial charge in [-0.05, 0) is 174 Å². The molecule has 0 amide bonds. The van der Waals surface area contributed by atoms with E-state index >= 15 is 0 Å². The highest BCUT2D eigenvalue weighted by Gasteiger charge is 2.40. The van der Waals surface area contributed by atoms with Gasteiger partial charge in [0.25, 0.3) is 0 Å². The fourth-order valence-electron chi connectivity index (χ4n) is 14.1. The summed E-state index contributed by atoms with van der Waals surface area (Å²) in [4.78, 5) is 2.36. The van der Waals surface area contributed by atoms with Crippen molar-refractivity contribution in [1.29, 1.82) is 0 Å². The van der Waals surface area contributed by atoms with Crippen LogP contribution in [0.25, 0.3) is 110 Å². The molecule has 1 N–H and O–H groups in total. The van der Waals surface area contributed by atoms with E-state index in [9.17, 15) is 0 Å². The lowest BCUT2D eigenvalue weighted by Gasteiger charge is -2.28. The van der Waals surface area contributed by atoms with Gasteiger partial charge in [0, 0.05) is 77.0 Å². The van der Waals surface area contributed by atoms with Crippen LogP contribution in [-0.4, -0.2) is 0 Å². The summed E-state index contributed by atoms with van der Waals surface area (Å²) in [6.45, 7) is 9.17. The lowest BCUT2D eigenvalue weighted by Crippen LogP contribution is -2.16. The molecule has 0 saturated heterocycles. The van der Waals surface area contributed by atoms with Crippen molar-refractivity contribution in [1.82, 2.24) is 0 Å². The van der Waals surface area contributed by atoms with Gasteiger partial charge in [-0.1, -0.05) is 246 Å². The summed E-state index contributed by atoms with van der Waals surface area (Å²) in [7, 11) is 0. The minimum absolute atomic E-state index is 0.0667. The van der Waals surface area contributed by atoms with Crippen molar-refractivity contribution < 1.29 is 8.83 Å². The van der Waals surface area contributed by atoms with Gasteiger partial charge in [-0.15, -0.1) is 0 Å². The molecule has 0 aliphatic heterocycles. The number of rotatable bonds is 7. The largest absolute Gasteiger partial charge is 0.455 e. The normalized spacial score (nSPS) is 13.1. The number of benzene rings is 14. The van der Waals surface area contributed by atoms with E-state index in [2.05, 4.69) is 299 Å². The number of hydrogen-bond donors (Lipinski definition) is 1. The molecule has 0 bridgehead atoms. The molecule has 0 radical (unpaired) electrons. The van der Waals surface area contributed by atoms with Crippen molar-refractivity contribution in [3.05, 3.63) is 331 Å². The van der Waals surface area contributed by atoms with E-state index in [4.69, 9.17) is 20.4 Å². The Morgan fingerprint density at radius 1 is 0.308 bits per heavy atom. The summed E-state index contributed by atoms with van der Waals surface area (Å²) in [5.74, 6) is 0. The van der Waals surface area contributed by atoms with Gasteiger partial charge in [0.2, 0.25) is 0 Å². The first kappa shape index (κ1) is 55.4. The number of fused-ring (bicyclic) bond motifs is 16. The van der Waals surface area contributed by atoms with Crippen LogP contribution in [0.1, 0.15) is 49.9 Å². The zero-order valence-corrected chi connectivity index (χ0v) is 51.8. The number of furan rings is 2. The fourth-order valence-corrected chi connectivity index (χ4v) is 14.3. The Morgan fingerprint density at radius 2 is 0.725 bits per heavy atom. The number of nitrogens with zero attached hydrogens (tertiary/aromatic N) is 1. The molecule has 2 heterocycles. The van der Waals surface area contributed by atoms with Gasteiger partial charge >= 0.3 is 0 Å². The Bertz CT molecular complexity index is 5450. The predicted molar refractivity (Wildman–Crippen MR) is 384 cm³/mol. The Balaban J connectivity index is 0.000000120. The number of halogens is 1. The maximum atomic E-state index is 6.52. The van der Waals surface area contributed by atoms with Gasteiger partial charge in [0.15, 0.2) is 0 Å². The average molecular weight is 1190 g/mol. The summed E-state index contributed by atoms with van der Waals surface area (Å²) in [6.07, 6.45) is 0. The van der Waals surface area contributed by atoms with Crippen molar-refractivity contribution in [2.24, 2.45) is 0 Å². The summed E-state index contributed by atoms with van der Waals surface area (Å²) >= 11 is 6.25. The van der Waals surface area contributed by atoms with Gasteiger partial charge in [-0.3, -0.25) is 0 Å². The van der Waals surface area contributed by atoms with E-state index in [-0.39, 0.29) is 10.8 Å². The molecule has 0 spiro atoms. The number of hydrogen-bond acceptors (Lipinski definition) is 4. The van der Waals surface area contributed by atoms with Crippen molar-refractivity contribution in [2.75, 3.05) is 10.2 Å². The highest BCUT2D eigenvalue weighted by Crippen LogP contribution is 2.55. The number of nitrogens with one attached hydrogen (secondary N) is 1. The van der Waals surface area contributed by atoms with Gasteiger partial charge in [-0.2, -0.15) is 0 Å². The van der Waals surface area contributed by atoms with Gasteiger partial charge in [0.05, 0.1) is 0 Å². The zero-order valence-electron chi connectivity index (χ0n) is 51.0. The second-order valence-electron chi connectivity index (χ2n) is 25.0. The van der Waals surface area contributed by atoms with E-state index in [0.29, 0.717) is 0 Å². The van der Waals surface area contributed by atoms with E-state index in [1.165, 1.54) is 110 Å². The molecule has 0 saturated carbocycles. The lowest BCUT2D eigenvalue weighted by molar-refractivity contribution is 0.653. The zero-order chi connectivity index (χ0) is 61.4. The van der Waals surface area contributed by atoms with Crippen LogP contribution in [0.4, 0.5) is 28.4 Å². The van der Waals surface area contributed by atoms with Crippen molar-refractivity contribution >= 4 is 105 Å². The number of para-hydroxylation sites is 4. The highest BCUT2D eigenvalue weighted by atomic mass is 35.5. The quantitative estimate of drug-likeness (QED) is 0.173. The minimum atomic E-state index is -0.170. The van der Waals surface area contributed by atoms with Crippen LogP contribution >= 0.6 is 11.6 Å². The van der Waals surface area contributed by atoms with E-state index < -0.39 is 0 Å². The van der Waals surface area contributed by atoms with Crippen LogP contribution in [0.3, 0.4) is 0 Å². The summed E-state index contributed by atoms with van der Waals surface area (Å²) < 4.78 is 12.8. The summed E-state index contributed by atoms with van der Waals surface area (Å²) in [6, 6.07) is 107. The molecular weight excluding hydrogens is 1130 g/mol. The Kier molecular flexibility index (Phi) is 13.6. The number of anilines is 5. The molecule has 91 heavy (non-hydrogen) atoms. The molecule has 16 aromatic rings. The first-order valence-corrected chi connectivity index (χ1v) is 31.6. The average Bonchev–Trinajstić information content (AvgIpc) is 1.57. The van der Waals surface area contributed by atoms with Gasteiger partial charge in [-0.25, -0.2) is 0 Å². The molecule has 2 aromatic heterocycles. The van der Waals surface area contributed by atoms with E-state index in [1.807, 2.05) is 42.5 Å². The molecular formula is C86H63ClN2O2. The SMILES string of the molecule is CC1(C)c2cc(Cl)ccc2-c2c1ccc1c2oc2ccccc21.CC1(C)c2cc(N(c3ccccc3)c3ccc(-c4ccc5ccccc5c4)cc3)ccc2-c2c1ccc1c2oc2ccccc21.c1ccc(Nc2ccc(-c3ccc4ccccc4c3)cc2)cc1. The van der Waals surface area contributed by atoms with Gasteiger partial charge < -0.3 is 19.1 Å². The summed E-state index contributed by atoms with van der Waals surface area (Å²) in [5, 5.41) is 14.0. The van der Waals surface area contributed by atoms with E-state index in [1.54, 1.807) is 0 Å². The maximum Gasteiger partial charge on any atom is 0.143 e. The van der Waals surface area contributed by atoms with Crippen LogP contribution in [-0.2, 0) is 10.8 Å². The van der Waals surface area contributed by atoms with Crippen molar-refractivity contribution in [3.63, 3.8) is 0 Å². The molecule has 18 rings (SSSR count). The molecule has 436 valence electrons. The molecule has 4 nitrogen and oxygen atoms in total. The Labute approximate surface area is 534 Å². The minimum Gasteiger partial charge on any atom is -0.455 e. The topological polar surface area (TPSA) is 41.6 Å². The second kappa shape index (κ2) is 22.3. The third-order valence-corrected chi connectivity index (χ3v) is 19.1. The molecule has 0 atom stereocenters. The van der Waals surface area contributed by atoms with Crippen LogP contribution in [0.2, 0.25) is 5.02 Å². The molecule has 2 aliphatic carbocycles. The maximum absolute atomic E-state index is 6.52. The van der Waals surface area contributed by atoms with Gasteiger partial charge in [0.1, 0.15) is 22.3 Å². The monoisotopic (exact) mass is 1190 g/mol. The summed E-state index contributed by atoms with van der Waals surface area (Å²) in [5.41, 5.74) is 24.2. The Hall–Kier alpha value is -10.9. The second-order valence-corrected chi connectivity index (χ2v) is 25.4. The third kappa shape index (κ3) is 9.79. The third-order valence-electron chi connectivity index (χ3n) is 18.8. The van der Waals surface area contributed by atoms with Crippen LogP contribution in [0.15, 0.2) is 312 Å². The van der Waals surface area contributed by atoms with Crippen LogP contribution < -0.4 is 10.2 Å². The first-order chi connectivity index (χ1) is 44.5. The first-order valence-electron chi connectivity index (χ1n) is 31.2. The Morgan fingerprint density at radius 3 is 1.27 bits per heavy atom. The van der Waals surface area contributed by atoms with Crippen molar-refractivity contribution in [3.8, 4) is 44.5 Å².